The summed E-state index contributed by atoms with van der Waals surface area (Å²) in [5.74, 6) is 0.898. The molecule has 0 aliphatic carbocycles. The average molecular weight is 305 g/mol. The summed E-state index contributed by atoms with van der Waals surface area (Å²) < 4.78 is 5.17. The van der Waals surface area contributed by atoms with E-state index in [9.17, 15) is 0 Å². The fourth-order valence-electron chi connectivity index (χ4n) is 1.96. The van der Waals surface area contributed by atoms with Gasteiger partial charge in [-0.3, -0.25) is 0 Å². The van der Waals surface area contributed by atoms with Crippen LogP contribution in [0, 0.1) is 6.92 Å². The van der Waals surface area contributed by atoms with E-state index in [0.717, 1.165) is 12.2 Å². The van der Waals surface area contributed by atoms with Crippen molar-refractivity contribution in [2.45, 2.75) is 18.2 Å². The van der Waals surface area contributed by atoms with Gasteiger partial charge < -0.3 is 4.74 Å². The predicted molar refractivity (Wildman–Crippen MR) is 79.5 cm³/mol. The second-order valence-corrected chi connectivity index (χ2v) is 5.48. The van der Waals surface area contributed by atoms with Crippen molar-refractivity contribution >= 4 is 15.9 Å². The van der Waals surface area contributed by atoms with Gasteiger partial charge in [-0.15, -0.1) is 0 Å². The van der Waals surface area contributed by atoms with Gasteiger partial charge in [-0.25, -0.2) is 0 Å². The molecule has 0 saturated heterocycles. The van der Waals surface area contributed by atoms with E-state index in [2.05, 4.69) is 59.3 Å². The minimum absolute atomic E-state index is 0.338. The van der Waals surface area contributed by atoms with Crippen LogP contribution in [-0.4, -0.2) is 7.11 Å². The Bertz CT molecular complexity index is 505. The number of hydrogen-bond donors (Lipinski definition) is 0. The highest BCUT2D eigenvalue weighted by molar-refractivity contribution is 9.09. The number of hydrogen-bond acceptors (Lipinski definition) is 1. The Morgan fingerprint density at radius 2 is 1.72 bits per heavy atom. The zero-order chi connectivity index (χ0) is 13.0. The van der Waals surface area contributed by atoms with Crippen LogP contribution in [0.2, 0.25) is 0 Å². The van der Waals surface area contributed by atoms with E-state index in [4.69, 9.17) is 4.74 Å². The van der Waals surface area contributed by atoms with Gasteiger partial charge in [0.2, 0.25) is 0 Å². The van der Waals surface area contributed by atoms with Crippen molar-refractivity contribution in [2.24, 2.45) is 0 Å². The predicted octanol–water partition coefficient (Wildman–Crippen LogP) is 4.68. The van der Waals surface area contributed by atoms with Gasteiger partial charge in [-0.1, -0.05) is 52.3 Å². The van der Waals surface area contributed by atoms with E-state index >= 15 is 0 Å². The SMILES string of the molecule is COc1ccc(C(Br)Cc2ccccc2C)cc1. The molecule has 0 amide bonds. The molecular weight excluding hydrogens is 288 g/mol. The molecule has 0 saturated carbocycles. The summed E-state index contributed by atoms with van der Waals surface area (Å²) in [6.07, 6.45) is 0.999. The van der Waals surface area contributed by atoms with Crippen molar-refractivity contribution in [3.63, 3.8) is 0 Å². The highest BCUT2D eigenvalue weighted by Crippen LogP contribution is 2.29. The normalized spacial score (nSPS) is 12.2. The molecule has 0 fully saturated rings. The van der Waals surface area contributed by atoms with Gasteiger partial charge >= 0.3 is 0 Å². The number of ether oxygens (including phenoxy) is 1. The summed E-state index contributed by atoms with van der Waals surface area (Å²) in [6, 6.07) is 16.7. The van der Waals surface area contributed by atoms with E-state index in [1.165, 1.54) is 16.7 Å². The zero-order valence-electron chi connectivity index (χ0n) is 10.7. The van der Waals surface area contributed by atoms with Gasteiger partial charge in [0.1, 0.15) is 5.75 Å². The number of methoxy groups -OCH3 is 1. The molecule has 2 aromatic carbocycles. The Morgan fingerprint density at radius 3 is 2.33 bits per heavy atom. The molecule has 2 rings (SSSR count). The molecule has 2 aromatic rings. The highest BCUT2D eigenvalue weighted by atomic mass is 79.9. The fraction of sp³-hybridized carbons (Fsp3) is 0.250. The summed E-state index contributed by atoms with van der Waals surface area (Å²) in [5, 5.41) is 0. The van der Waals surface area contributed by atoms with Gasteiger partial charge in [0.05, 0.1) is 7.11 Å². The third-order valence-corrected chi connectivity index (χ3v) is 3.99. The monoisotopic (exact) mass is 304 g/mol. The van der Waals surface area contributed by atoms with Crippen LogP contribution < -0.4 is 4.74 Å². The first-order valence-corrected chi connectivity index (χ1v) is 6.95. The third kappa shape index (κ3) is 3.14. The van der Waals surface area contributed by atoms with Crippen LogP contribution in [0.25, 0.3) is 0 Å². The fourth-order valence-corrected chi connectivity index (χ4v) is 2.62. The molecule has 0 spiro atoms. The minimum atomic E-state index is 0.338. The van der Waals surface area contributed by atoms with Crippen molar-refractivity contribution in [2.75, 3.05) is 7.11 Å². The van der Waals surface area contributed by atoms with Gasteiger partial charge in [0.25, 0.3) is 0 Å². The summed E-state index contributed by atoms with van der Waals surface area (Å²) in [4.78, 5) is 0.338. The van der Waals surface area contributed by atoms with Crippen molar-refractivity contribution in [3.8, 4) is 5.75 Å². The Morgan fingerprint density at radius 1 is 1.06 bits per heavy atom. The lowest BCUT2D eigenvalue weighted by Gasteiger charge is -2.12. The number of rotatable bonds is 4. The molecule has 0 aromatic heterocycles. The molecule has 2 heteroatoms. The highest BCUT2D eigenvalue weighted by Gasteiger charge is 2.09. The van der Waals surface area contributed by atoms with Crippen molar-refractivity contribution in [3.05, 3.63) is 65.2 Å². The molecule has 18 heavy (non-hydrogen) atoms. The van der Waals surface area contributed by atoms with Crippen LogP contribution in [0.15, 0.2) is 48.5 Å². The second-order valence-electron chi connectivity index (χ2n) is 4.37. The maximum atomic E-state index is 5.17. The quantitative estimate of drug-likeness (QED) is 0.745. The molecule has 0 radical (unpaired) electrons. The van der Waals surface area contributed by atoms with Crippen LogP contribution in [0.1, 0.15) is 21.5 Å². The number of halogens is 1. The van der Waals surface area contributed by atoms with Crippen molar-refractivity contribution in [1.29, 1.82) is 0 Å². The lowest BCUT2D eigenvalue weighted by atomic mass is 10.0. The third-order valence-electron chi connectivity index (χ3n) is 3.14. The Labute approximate surface area is 117 Å². The second kappa shape index (κ2) is 6.05. The van der Waals surface area contributed by atoms with Crippen LogP contribution >= 0.6 is 15.9 Å². The van der Waals surface area contributed by atoms with E-state index in [1.807, 2.05) is 12.1 Å². The molecule has 1 nitrogen and oxygen atoms in total. The molecule has 0 aliphatic rings. The Kier molecular flexibility index (Phi) is 4.43. The Hall–Kier alpha value is -1.28. The molecular formula is C16H17BrO. The van der Waals surface area contributed by atoms with Crippen LogP contribution in [0.4, 0.5) is 0 Å². The zero-order valence-corrected chi connectivity index (χ0v) is 12.3. The molecule has 0 N–H and O–H groups in total. The first kappa shape index (κ1) is 13.2. The van der Waals surface area contributed by atoms with E-state index in [-0.39, 0.29) is 0 Å². The summed E-state index contributed by atoms with van der Waals surface area (Å²) in [6.45, 7) is 2.16. The molecule has 1 unspecified atom stereocenters. The molecule has 0 aliphatic heterocycles. The molecule has 1 atom stereocenters. The van der Waals surface area contributed by atoms with Gasteiger partial charge in [-0.2, -0.15) is 0 Å². The number of aryl methyl sites for hydroxylation is 1. The van der Waals surface area contributed by atoms with Crippen molar-refractivity contribution in [1.82, 2.24) is 0 Å². The first-order chi connectivity index (χ1) is 8.70. The first-order valence-electron chi connectivity index (χ1n) is 6.03. The van der Waals surface area contributed by atoms with E-state index in [1.54, 1.807) is 7.11 Å². The summed E-state index contributed by atoms with van der Waals surface area (Å²) in [5.41, 5.74) is 4.00. The maximum absolute atomic E-state index is 5.17. The summed E-state index contributed by atoms with van der Waals surface area (Å²) in [7, 11) is 1.69. The van der Waals surface area contributed by atoms with Gasteiger partial charge in [-0.05, 0) is 42.2 Å². The lowest BCUT2D eigenvalue weighted by Crippen LogP contribution is -1.97. The summed E-state index contributed by atoms with van der Waals surface area (Å²) >= 11 is 3.76. The topological polar surface area (TPSA) is 9.23 Å². The smallest absolute Gasteiger partial charge is 0.118 e. The average Bonchev–Trinajstić information content (AvgIpc) is 2.41. The molecule has 94 valence electrons. The van der Waals surface area contributed by atoms with E-state index in [0.29, 0.717) is 4.83 Å². The molecule has 0 heterocycles. The lowest BCUT2D eigenvalue weighted by molar-refractivity contribution is 0.414. The van der Waals surface area contributed by atoms with Crippen LogP contribution in [0.5, 0.6) is 5.75 Å². The Balaban J connectivity index is 2.11. The van der Waals surface area contributed by atoms with Crippen LogP contribution in [-0.2, 0) is 6.42 Å². The van der Waals surface area contributed by atoms with E-state index < -0.39 is 0 Å². The number of benzene rings is 2. The standard InChI is InChI=1S/C16H17BrO/c1-12-5-3-4-6-14(12)11-16(17)13-7-9-15(18-2)10-8-13/h3-10,16H,11H2,1-2H3. The minimum Gasteiger partial charge on any atom is -0.497 e. The van der Waals surface area contributed by atoms with Crippen LogP contribution in [0.3, 0.4) is 0 Å². The largest absolute Gasteiger partial charge is 0.497 e. The molecule has 0 bridgehead atoms. The maximum Gasteiger partial charge on any atom is 0.118 e. The van der Waals surface area contributed by atoms with Crippen molar-refractivity contribution < 1.29 is 4.74 Å². The number of alkyl halides is 1. The van der Waals surface area contributed by atoms with Gasteiger partial charge in [0, 0.05) is 4.83 Å². The van der Waals surface area contributed by atoms with Gasteiger partial charge in [0.15, 0.2) is 0 Å².